The van der Waals surface area contributed by atoms with Gasteiger partial charge in [-0.1, -0.05) is 19.4 Å². The second kappa shape index (κ2) is 4.00. The van der Waals surface area contributed by atoms with E-state index in [0.717, 1.165) is 18.4 Å². The van der Waals surface area contributed by atoms with Gasteiger partial charge >= 0.3 is 0 Å². The topological polar surface area (TPSA) is 17.1 Å². The van der Waals surface area contributed by atoms with Gasteiger partial charge in [0.1, 0.15) is 5.82 Å². The van der Waals surface area contributed by atoms with Gasteiger partial charge in [0.2, 0.25) is 0 Å². The van der Waals surface area contributed by atoms with Crippen molar-refractivity contribution < 1.29 is 9.18 Å². The zero-order chi connectivity index (χ0) is 8.97. The first-order chi connectivity index (χ1) is 5.77. The number of hydrogen-bond acceptors (Lipinski definition) is 1. The van der Waals surface area contributed by atoms with E-state index < -0.39 is 5.82 Å². The maximum Gasteiger partial charge on any atom is 0.152 e. The molecule has 0 saturated carbocycles. The van der Waals surface area contributed by atoms with Crippen molar-refractivity contribution >= 4 is 6.29 Å². The van der Waals surface area contributed by atoms with Crippen molar-refractivity contribution in [3.63, 3.8) is 0 Å². The van der Waals surface area contributed by atoms with Crippen molar-refractivity contribution in [3.05, 3.63) is 35.1 Å². The quantitative estimate of drug-likeness (QED) is 0.631. The number of carbonyl (C=O) groups is 1. The molecule has 12 heavy (non-hydrogen) atoms. The summed E-state index contributed by atoms with van der Waals surface area (Å²) in [4.78, 5) is 10.3. The fraction of sp³-hybridized carbons (Fsp3) is 0.300. The summed E-state index contributed by atoms with van der Waals surface area (Å²) in [6, 6.07) is 4.73. The van der Waals surface area contributed by atoms with Crippen molar-refractivity contribution in [1.29, 1.82) is 0 Å². The van der Waals surface area contributed by atoms with Gasteiger partial charge < -0.3 is 0 Å². The molecule has 0 aromatic heterocycles. The first-order valence-electron chi connectivity index (χ1n) is 4.01. The van der Waals surface area contributed by atoms with Crippen molar-refractivity contribution in [3.8, 4) is 0 Å². The highest BCUT2D eigenvalue weighted by molar-refractivity contribution is 5.75. The third-order valence-electron chi connectivity index (χ3n) is 1.73. The third kappa shape index (κ3) is 1.91. The van der Waals surface area contributed by atoms with Gasteiger partial charge in [0.25, 0.3) is 0 Å². The van der Waals surface area contributed by atoms with E-state index in [-0.39, 0.29) is 5.56 Å². The fourth-order valence-corrected chi connectivity index (χ4v) is 1.11. The van der Waals surface area contributed by atoms with E-state index in [9.17, 15) is 9.18 Å². The smallest absolute Gasteiger partial charge is 0.152 e. The summed E-state index contributed by atoms with van der Waals surface area (Å²) in [5, 5.41) is 0. The summed E-state index contributed by atoms with van der Waals surface area (Å²) < 4.78 is 12.9. The molecule has 0 aliphatic heterocycles. The van der Waals surface area contributed by atoms with Crippen LogP contribution in [0.3, 0.4) is 0 Å². The molecule has 0 aliphatic carbocycles. The van der Waals surface area contributed by atoms with Gasteiger partial charge in [-0.3, -0.25) is 4.79 Å². The highest BCUT2D eigenvalue weighted by Gasteiger charge is 2.00. The van der Waals surface area contributed by atoms with E-state index in [1.807, 2.05) is 6.92 Å². The molecule has 1 rings (SSSR count). The molecule has 0 aliphatic rings. The van der Waals surface area contributed by atoms with E-state index >= 15 is 0 Å². The number of carbonyl (C=O) groups excluding carboxylic acids is 1. The molecule has 0 bridgehead atoms. The van der Waals surface area contributed by atoms with Crippen molar-refractivity contribution in [1.82, 2.24) is 0 Å². The molecule has 2 heteroatoms. The lowest BCUT2D eigenvalue weighted by Crippen LogP contribution is -1.90. The molecule has 0 fully saturated rings. The molecule has 0 atom stereocenters. The molecule has 0 spiro atoms. The summed E-state index contributed by atoms with van der Waals surface area (Å²) in [7, 11) is 0. The number of aryl methyl sites for hydroxylation is 1. The summed E-state index contributed by atoms with van der Waals surface area (Å²) in [6.07, 6.45) is 2.38. The molecule has 0 N–H and O–H groups in total. The Morgan fingerprint density at radius 2 is 2.25 bits per heavy atom. The van der Waals surface area contributed by atoms with E-state index in [1.54, 1.807) is 6.07 Å². The zero-order valence-corrected chi connectivity index (χ0v) is 7.01. The van der Waals surface area contributed by atoms with E-state index in [0.29, 0.717) is 6.29 Å². The number of halogens is 1. The molecule has 0 unspecified atom stereocenters. The minimum atomic E-state index is -0.420. The Morgan fingerprint density at radius 3 is 2.75 bits per heavy atom. The Morgan fingerprint density at radius 1 is 1.50 bits per heavy atom. The molecule has 1 aromatic carbocycles. The lowest BCUT2D eigenvalue weighted by Gasteiger charge is -1.99. The first kappa shape index (κ1) is 8.91. The van der Waals surface area contributed by atoms with Crippen molar-refractivity contribution in [2.45, 2.75) is 19.8 Å². The van der Waals surface area contributed by atoms with E-state index in [4.69, 9.17) is 0 Å². The maximum atomic E-state index is 12.9. The number of aldehydes is 1. The summed E-state index contributed by atoms with van der Waals surface area (Å²) in [6.45, 7) is 2.03. The van der Waals surface area contributed by atoms with Crippen LogP contribution in [0.4, 0.5) is 4.39 Å². The van der Waals surface area contributed by atoms with Crippen LogP contribution in [0.25, 0.3) is 0 Å². The molecule has 0 amide bonds. The minimum Gasteiger partial charge on any atom is -0.298 e. The van der Waals surface area contributed by atoms with Gasteiger partial charge in [-0.05, 0) is 24.1 Å². The van der Waals surface area contributed by atoms with Crippen LogP contribution in [-0.2, 0) is 6.42 Å². The molecule has 1 aromatic rings. The van der Waals surface area contributed by atoms with Crippen LogP contribution in [0.5, 0.6) is 0 Å². The Balaban J connectivity index is 2.93. The summed E-state index contributed by atoms with van der Waals surface area (Å²) in [5.74, 6) is -0.420. The molecular formula is C10H11FO. The van der Waals surface area contributed by atoms with E-state index in [2.05, 4.69) is 0 Å². The number of hydrogen-bond donors (Lipinski definition) is 0. The average Bonchev–Trinajstić information content (AvgIpc) is 2.05. The zero-order valence-electron chi connectivity index (χ0n) is 7.01. The molecule has 1 nitrogen and oxygen atoms in total. The van der Waals surface area contributed by atoms with Gasteiger partial charge in [0, 0.05) is 0 Å². The summed E-state index contributed by atoms with van der Waals surface area (Å²) in [5.41, 5.74) is 1.08. The van der Waals surface area contributed by atoms with E-state index in [1.165, 1.54) is 12.1 Å². The average molecular weight is 166 g/mol. The van der Waals surface area contributed by atoms with Gasteiger partial charge in [-0.25, -0.2) is 4.39 Å². The van der Waals surface area contributed by atoms with Crippen molar-refractivity contribution in [2.24, 2.45) is 0 Å². The number of rotatable bonds is 3. The molecule has 64 valence electrons. The van der Waals surface area contributed by atoms with Gasteiger partial charge in [-0.2, -0.15) is 0 Å². The fourth-order valence-electron chi connectivity index (χ4n) is 1.11. The molecular weight excluding hydrogens is 155 g/mol. The van der Waals surface area contributed by atoms with Crippen LogP contribution in [0, 0.1) is 5.82 Å². The lowest BCUT2D eigenvalue weighted by atomic mass is 10.1. The minimum absolute atomic E-state index is 0.134. The number of benzene rings is 1. The Kier molecular flexibility index (Phi) is 2.97. The molecule has 0 saturated heterocycles. The standard InChI is InChI=1S/C10H11FO/c1-2-3-8-4-5-9(7-12)10(11)6-8/h4-7H,2-3H2,1H3. The SMILES string of the molecule is CCCc1ccc(C=O)c(F)c1. The predicted molar refractivity (Wildman–Crippen MR) is 45.8 cm³/mol. The first-order valence-corrected chi connectivity index (χ1v) is 4.01. The van der Waals surface area contributed by atoms with Gasteiger partial charge in [0.05, 0.1) is 5.56 Å². The third-order valence-corrected chi connectivity index (χ3v) is 1.73. The second-order valence-electron chi connectivity index (χ2n) is 2.72. The van der Waals surface area contributed by atoms with Crippen LogP contribution in [0.2, 0.25) is 0 Å². The predicted octanol–water partition coefficient (Wildman–Crippen LogP) is 2.59. The molecule has 0 radical (unpaired) electrons. The monoisotopic (exact) mass is 166 g/mol. The lowest BCUT2D eigenvalue weighted by molar-refractivity contribution is 0.112. The highest BCUT2D eigenvalue weighted by Crippen LogP contribution is 2.09. The van der Waals surface area contributed by atoms with Crippen LogP contribution in [0.1, 0.15) is 29.3 Å². The summed E-state index contributed by atoms with van der Waals surface area (Å²) >= 11 is 0. The van der Waals surface area contributed by atoms with Crippen molar-refractivity contribution in [2.75, 3.05) is 0 Å². The highest BCUT2D eigenvalue weighted by atomic mass is 19.1. The van der Waals surface area contributed by atoms with Crippen LogP contribution in [-0.4, -0.2) is 6.29 Å². The van der Waals surface area contributed by atoms with Gasteiger partial charge in [-0.15, -0.1) is 0 Å². The second-order valence-corrected chi connectivity index (χ2v) is 2.72. The van der Waals surface area contributed by atoms with Crippen LogP contribution in [0.15, 0.2) is 18.2 Å². The Bertz CT molecular complexity index is 281. The Labute approximate surface area is 71.2 Å². The largest absolute Gasteiger partial charge is 0.298 e. The molecule has 0 heterocycles. The van der Waals surface area contributed by atoms with Crippen LogP contribution < -0.4 is 0 Å². The Hall–Kier alpha value is -1.18. The van der Waals surface area contributed by atoms with Gasteiger partial charge in [0.15, 0.2) is 6.29 Å². The normalized spacial score (nSPS) is 9.83. The maximum absolute atomic E-state index is 12.9. The van der Waals surface area contributed by atoms with Crippen LogP contribution >= 0.6 is 0 Å².